The first-order valence-electron chi connectivity index (χ1n) is 12.4. The minimum atomic E-state index is -0.507. The molecule has 0 aromatic heterocycles. The van der Waals surface area contributed by atoms with Crippen LogP contribution in [0, 0.1) is 24.7 Å². The van der Waals surface area contributed by atoms with Crippen molar-refractivity contribution in [3.63, 3.8) is 0 Å². The van der Waals surface area contributed by atoms with Crippen LogP contribution in [0.25, 0.3) is 0 Å². The fraction of sp³-hybridized carbons (Fsp3) is 0.630. The third-order valence-electron chi connectivity index (χ3n) is 7.36. The Hall–Kier alpha value is -1.50. The second-order valence-electron chi connectivity index (χ2n) is 9.84. The molecule has 1 saturated carbocycles. The summed E-state index contributed by atoms with van der Waals surface area (Å²) < 4.78 is 5.40. The maximum Gasteiger partial charge on any atom is 0.0761 e. The maximum atomic E-state index is 10.6. The number of aryl methyl sites for hydroxylation is 1. The normalized spacial score (nSPS) is 29.4. The Balaban J connectivity index is 1.19. The van der Waals surface area contributed by atoms with Crippen LogP contribution in [0.3, 0.4) is 0 Å². The predicted molar refractivity (Wildman–Crippen MR) is 129 cm³/mol. The second-order valence-corrected chi connectivity index (χ2v) is 9.84. The van der Waals surface area contributed by atoms with E-state index in [0.29, 0.717) is 18.3 Å². The van der Waals surface area contributed by atoms with Crippen molar-refractivity contribution in [1.82, 2.24) is 10.2 Å². The fourth-order valence-corrected chi connectivity index (χ4v) is 5.63. The number of ether oxygens (including phenoxy) is 1. The summed E-state index contributed by atoms with van der Waals surface area (Å²) in [5, 5.41) is 24.7. The van der Waals surface area contributed by atoms with E-state index in [1.54, 1.807) is 0 Å². The minimum absolute atomic E-state index is 0.148. The van der Waals surface area contributed by atoms with Crippen molar-refractivity contribution in [3.8, 4) is 0 Å². The molecule has 5 nitrogen and oxygen atoms in total. The molecule has 0 unspecified atom stereocenters. The molecule has 4 rings (SSSR count). The first kappa shape index (κ1) is 23.7. The molecular formula is C27H40N2O3. The third kappa shape index (κ3) is 6.52. The summed E-state index contributed by atoms with van der Waals surface area (Å²) >= 11 is 0. The van der Waals surface area contributed by atoms with Crippen molar-refractivity contribution in [2.45, 2.75) is 44.8 Å². The molecule has 176 valence electrons. The SMILES string of the molecule is Cc1cccc(C[C@@H](O)C=C[C@@H]2[C@H]3CC(CCNCCN4CCOCC4)=C[C@H]3C[C@H]2O)c1. The molecule has 32 heavy (non-hydrogen) atoms. The molecule has 1 aromatic carbocycles. The fourth-order valence-electron chi connectivity index (χ4n) is 5.63. The smallest absolute Gasteiger partial charge is 0.0761 e. The van der Waals surface area contributed by atoms with Gasteiger partial charge in [0, 0.05) is 38.5 Å². The largest absolute Gasteiger partial charge is 0.392 e. The number of hydrogen-bond donors (Lipinski definition) is 3. The van der Waals surface area contributed by atoms with Gasteiger partial charge in [-0.2, -0.15) is 0 Å². The number of nitrogens with zero attached hydrogens (tertiary/aromatic N) is 1. The van der Waals surface area contributed by atoms with Gasteiger partial charge in [-0.05, 0) is 50.1 Å². The summed E-state index contributed by atoms with van der Waals surface area (Å²) in [5.74, 6) is 1.11. The van der Waals surface area contributed by atoms with Crippen molar-refractivity contribution in [3.05, 3.63) is 59.2 Å². The van der Waals surface area contributed by atoms with E-state index in [1.165, 1.54) is 11.1 Å². The maximum absolute atomic E-state index is 10.6. The summed E-state index contributed by atoms with van der Waals surface area (Å²) in [6.07, 6.45) is 9.26. The van der Waals surface area contributed by atoms with Gasteiger partial charge in [-0.1, -0.05) is 53.6 Å². The Morgan fingerprint density at radius 2 is 2.09 bits per heavy atom. The molecule has 0 spiro atoms. The Kier molecular flexibility index (Phi) is 8.55. The molecule has 0 amide bonds. The lowest BCUT2D eigenvalue weighted by atomic mass is 9.88. The standard InChI is InChI=1S/C27H40N2O3/c1-20-3-2-4-21(15-20)17-24(30)5-6-25-26-18-22(16-23(26)19-27(25)31)7-8-28-9-10-29-11-13-32-14-12-29/h2-6,15-16,23-28,30-31H,7-14,17-19H2,1H3/t23-,24-,25+,26-,27+/m0/s1. The summed E-state index contributed by atoms with van der Waals surface area (Å²) in [5.41, 5.74) is 3.90. The van der Waals surface area contributed by atoms with Crippen LogP contribution in [0.4, 0.5) is 0 Å². The molecule has 2 aliphatic carbocycles. The van der Waals surface area contributed by atoms with Crippen LogP contribution < -0.4 is 5.32 Å². The van der Waals surface area contributed by atoms with Crippen LogP contribution >= 0.6 is 0 Å². The number of aliphatic hydroxyl groups excluding tert-OH is 2. The summed E-state index contributed by atoms with van der Waals surface area (Å²) in [7, 11) is 0. The van der Waals surface area contributed by atoms with Gasteiger partial charge >= 0.3 is 0 Å². The first-order chi connectivity index (χ1) is 15.6. The van der Waals surface area contributed by atoms with Crippen molar-refractivity contribution in [2.24, 2.45) is 17.8 Å². The highest BCUT2D eigenvalue weighted by atomic mass is 16.5. The molecule has 0 bridgehead atoms. The number of hydrogen-bond acceptors (Lipinski definition) is 5. The van der Waals surface area contributed by atoms with E-state index < -0.39 is 6.10 Å². The number of fused-ring (bicyclic) bond motifs is 1. The van der Waals surface area contributed by atoms with Crippen molar-refractivity contribution in [2.75, 3.05) is 45.9 Å². The molecule has 3 aliphatic rings. The van der Waals surface area contributed by atoms with Crippen molar-refractivity contribution >= 4 is 0 Å². The van der Waals surface area contributed by atoms with Crippen LogP contribution in [0.2, 0.25) is 0 Å². The monoisotopic (exact) mass is 440 g/mol. The van der Waals surface area contributed by atoms with Gasteiger partial charge in [0.15, 0.2) is 0 Å². The highest BCUT2D eigenvalue weighted by Gasteiger charge is 2.43. The van der Waals surface area contributed by atoms with E-state index in [-0.39, 0.29) is 12.0 Å². The average Bonchev–Trinajstić information content (AvgIpc) is 3.29. The van der Waals surface area contributed by atoms with Crippen LogP contribution in [0.1, 0.15) is 30.4 Å². The lowest BCUT2D eigenvalue weighted by Crippen LogP contribution is -2.40. The van der Waals surface area contributed by atoms with E-state index in [2.05, 4.69) is 47.5 Å². The molecule has 1 saturated heterocycles. The predicted octanol–water partition coefficient (Wildman–Crippen LogP) is 2.71. The van der Waals surface area contributed by atoms with E-state index in [0.717, 1.165) is 70.8 Å². The zero-order chi connectivity index (χ0) is 22.3. The molecule has 0 radical (unpaired) electrons. The number of allylic oxidation sites excluding steroid dienone is 1. The molecular weight excluding hydrogens is 400 g/mol. The van der Waals surface area contributed by atoms with Crippen LogP contribution in [0.15, 0.2) is 48.1 Å². The Morgan fingerprint density at radius 1 is 1.25 bits per heavy atom. The zero-order valence-corrected chi connectivity index (χ0v) is 19.5. The minimum Gasteiger partial charge on any atom is -0.392 e. The quantitative estimate of drug-likeness (QED) is 0.386. The van der Waals surface area contributed by atoms with E-state index in [4.69, 9.17) is 4.74 Å². The molecule has 1 aliphatic heterocycles. The topological polar surface area (TPSA) is 65.0 Å². The van der Waals surface area contributed by atoms with E-state index in [1.807, 2.05) is 12.1 Å². The van der Waals surface area contributed by atoms with Crippen molar-refractivity contribution < 1.29 is 14.9 Å². The summed E-state index contributed by atoms with van der Waals surface area (Å²) in [6, 6.07) is 8.30. The van der Waals surface area contributed by atoms with Gasteiger partial charge in [0.05, 0.1) is 25.4 Å². The molecule has 5 heteroatoms. The van der Waals surface area contributed by atoms with Crippen LogP contribution in [-0.4, -0.2) is 73.3 Å². The summed E-state index contributed by atoms with van der Waals surface area (Å²) in [6.45, 7) is 9.04. The summed E-state index contributed by atoms with van der Waals surface area (Å²) in [4.78, 5) is 2.46. The number of nitrogens with one attached hydrogen (secondary N) is 1. The lowest BCUT2D eigenvalue weighted by molar-refractivity contribution is 0.0385. The first-order valence-corrected chi connectivity index (χ1v) is 12.4. The van der Waals surface area contributed by atoms with Gasteiger partial charge in [-0.25, -0.2) is 0 Å². The second kappa shape index (κ2) is 11.6. The van der Waals surface area contributed by atoms with E-state index in [9.17, 15) is 10.2 Å². The Labute approximate surface area is 193 Å². The van der Waals surface area contributed by atoms with E-state index >= 15 is 0 Å². The highest BCUT2D eigenvalue weighted by Crippen LogP contribution is 2.47. The number of morpholine rings is 1. The lowest BCUT2D eigenvalue weighted by Gasteiger charge is -2.26. The van der Waals surface area contributed by atoms with Gasteiger partial charge < -0.3 is 20.3 Å². The molecule has 2 fully saturated rings. The van der Waals surface area contributed by atoms with Crippen LogP contribution in [-0.2, 0) is 11.2 Å². The van der Waals surface area contributed by atoms with Gasteiger partial charge in [-0.3, -0.25) is 4.90 Å². The zero-order valence-electron chi connectivity index (χ0n) is 19.5. The highest BCUT2D eigenvalue weighted by molar-refractivity contribution is 5.24. The van der Waals surface area contributed by atoms with Crippen LogP contribution in [0.5, 0.6) is 0 Å². The van der Waals surface area contributed by atoms with Gasteiger partial charge in [0.25, 0.3) is 0 Å². The molecule has 5 atom stereocenters. The van der Waals surface area contributed by atoms with Gasteiger partial charge in [0.1, 0.15) is 0 Å². The molecule has 1 heterocycles. The van der Waals surface area contributed by atoms with Crippen molar-refractivity contribution in [1.29, 1.82) is 0 Å². The van der Waals surface area contributed by atoms with Gasteiger partial charge in [-0.15, -0.1) is 0 Å². The molecule has 3 N–H and O–H groups in total. The number of aliphatic hydroxyl groups is 2. The number of benzene rings is 1. The Bertz CT molecular complexity index is 787. The van der Waals surface area contributed by atoms with Gasteiger partial charge in [0.2, 0.25) is 0 Å². The average molecular weight is 441 g/mol. The number of rotatable bonds is 10. The third-order valence-corrected chi connectivity index (χ3v) is 7.36. The molecule has 1 aromatic rings. The Morgan fingerprint density at radius 3 is 2.91 bits per heavy atom.